The molecule has 1 aromatic heterocycles. The molecule has 0 saturated carbocycles. The van der Waals surface area contributed by atoms with Crippen LogP contribution in [0.15, 0.2) is 10.7 Å². The van der Waals surface area contributed by atoms with Crippen LogP contribution >= 0.6 is 15.9 Å². The lowest BCUT2D eigenvalue weighted by atomic mass is 10.1. The fourth-order valence-electron chi connectivity index (χ4n) is 0.892. The zero-order valence-corrected chi connectivity index (χ0v) is 8.35. The number of pyridine rings is 1. The van der Waals surface area contributed by atoms with Crippen LogP contribution in [0, 0.1) is 17.3 Å². The fraction of sp³-hybridized carbons (Fsp3) is 0.250. The van der Waals surface area contributed by atoms with Gasteiger partial charge in [0, 0.05) is 0 Å². The van der Waals surface area contributed by atoms with Gasteiger partial charge < -0.3 is 0 Å². The van der Waals surface area contributed by atoms with Crippen molar-refractivity contribution < 1.29 is 13.2 Å². The zero-order valence-electron chi connectivity index (χ0n) is 6.77. The van der Waals surface area contributed by atoms with Crippen LogP contribution < -0.4 is 0 Å². The van der Waals surface area contributed by atoms with Crippen LogP contribution in [0.5, 0.6) is 0 Å². The molecule has 14 heavy (non-hydrogen) atoms. The number of alkyl halides is 2. The van der Waals surface area contributed by atoms with Crippen LogP contribution in [0.2, 0.25) is 0 Å². The number of aromatic nitrogens is 1. The van der Waals surface area contributed by atoms with E-state index >= 15 is 0 Å². The van der Waals surface area contributed by atoms with E-state index in [1.807, 2.05) is 0 Å². The zero-order chi connectivity index (χ0) is 10.7. The summed E-state index contributed by atoms with van der Waals surface area (Å²) < 4.78 is 37.3. The summed E-state index contributed by atoms with van der Waals surface area (Å²) in [5, 5.41) is 8.36. The molecule has 2 nitrogen and oxygen atoms in total. The molecule has 0 aliphatic rings. The summed E-state index contributed by atoms with van der Waals surface area (Å²) >= 11 is 2.88. The van der Waals surface area contributed by atoms with Gasteiger partial charge in [-0.2, -0.15) is 9.65 Å². The van der Waals surface area contributed by atoms with Crippen molar-refractivity contribution in [3.05, 3.63) is 27.7 Å². The van der Waals surface area contributed by atoms with Crippen molar-refractivity contribution in [1.82, 2.24) is 4.98 Å². The lowest BCUT2D eigenvalue weighted by Gasteiger charge is -2.04. The summed E-state index contributed by atoms with van der Waals surface area (Å²) in [5.74, 6) is -1.21. The number of hydrogen-bond acceptors (Lipinski definition) is 2. The molecule has 0 spiro atoms. The molecule has 1 aromatic rings. The molecule has 0 amide bonds. The summed E-state index contributed by atoms with van der Waals surface area (Å²) in [6.07, 6.45) is -3.01. The van der Waals surface area contributed by atoms with Gasteiger partial charge in [0.25, 0.3) is 6.43 Å². The first kappa shape index (κ1) is 11.0. The minimum absolute atomic E-state index is 0.0842. The van der Waals surface area contributed by atoms with Crippen molar-refractivity contribution in [2.45, 2.75) is 12.8 Å². The van der Waals surface area contributed by atoms with E-state index in [1.54, 1.807) is 6.07 Å². The quantitative estimate of drug-likeness (QED) is 0.771. The molecule has 1 heterocycles. The first-order valence-electron chi connectivity index (χ1n) is 3.56. The Morgan fingerprint density at radius 3 is 2.71 bits per heavy atom. The van der Waals surface area contributed by atoms with Crippen LogP contribution in [-0.4, -0.2) is 4.98 Å². The van der Waals surface area contributed by atoms with Gasteiger partial charge in [-0.25, -0.2) is 13.8 Å². The smallest absolute Gasteiger partial charge is 0.212 e. The number of hydrogen-bond donors (Lipinski definition) is 0. The van der Waals surface area contributed by atoms with Crippen LogP contribution in [0.25, 0.3) is 0 Å². The largest absolute Gasteiger partial charge is 0.268 e. The maximum Gasteiger partial charge on any atom is 0.268 e. The molecule has 0 saturated heterocycles. The van der Waals surface area contributed by atoms with Gasteiger partial charge in [-0.05, 0) is 27.6 Å². The molecule has 0 atom stereocenters. The molecule has 0 bridgehead atoms. The lowest BCUT2D eigenvalue weighted by molar-refractivity contribution is 0.145. The van der Waals surface area contributed by atoms with Crippen LogP contribution in [0.1, 0.15) is 17.6 Å². The highest BCUT2D eigenvalue weighted by atomic mass is 79.9. The van der Waals surface area contributed by atoms with Gasteiger partial charge in [0.1, 0.15) is 4.60 Å². The van der Waals surface area contributed by atoms with Crippen molar-refractivity contribution in [2.24, 2.45) is 0 Å². The van der Waals surface area contributed by atoms with Crippen molar-refractivity contribution in [3.63, 3.8) is 0 Å². The van der Waals surface area contributed by atoms with Gasteiger partial charge in [0.15, 0.2) is 0 Å². The number of nitrogens with zero attached hydrogens (tertiary/aromatic N) is 2. The Morgan fingerprint density at radius 2 is 2.21 bits per heavy atom. The highest BCUT2D eigenvalue weighted by Gasteiger charge is 2.17. The molecule has 6 heteroatoms. The summed E-state index contributed by atoms with van der Waals surface area (Å²) in [7, 11) is 0. The summed E-state index contributed by atoms with van der Waals surface area (Å²) in [5.41, 5.74) is -0.525. The minimum Gasteiger partial charge on any atom is -0.212 e. The molecule has 1 rings (SSSR count). The molecule has 0 aliphatic carbocycles. The van der Waals surface area contributed by atoms with Crippen LogP contribution in [0.3, 0.4) is 0 Å². The van der Waals surface area contributed by atoms with E-state index in [0.29, 0.717) is 0 Å². The fourth-order valence-corrected chi connectivity index (χ4v) is 1.30. The third-order valence-electron chi connectivity index (χ3n) is 1.53. The minimum atomic E-state index is -2.92. The molecular formula is C8H4BrF3N2. The summed E-state index contributed by atoms with van der Waals surface area (Å²) in [6, 6.07) is 2.72. The van der Waals surface area contributed by atoms with Gasteiger partial charge in [-0.1, -0.05) is 0 Å². The molecule has 0 N–H and O–H groups in total. The Labute approximate surface area is 86.5 Å². The SMILES string of the molecule is N#CCc1cc(C(F)F)c(F)nc1Br. The van der Waals surface area contributed by atoms with Gasteiger partial charge in [-0.3, -0.25) is 0 Å². The van der Waals surface area contributed by atoms with Crippen LogP contribution in [-0.2, 0) is 6.42 Å². The lowest BCUT2D eigenvalue weighted by Crippen LogP contribution is -1.99. The second kappa shape index (κ2) is 4.42. The third kappa shape index (κ3) is 2.23. The van der Waals surface area contributed by atoms with E-state index in [0.717, 1.165) is 6.07 Å². The topological polar surface area (TPSA) is 36.7 Å². The third-order valence-corrected chi connectivity index (χ3v) is 2.22. The molecule has 0 radical (unpaired) electrons. The molecule has 0 unspecified atom stereocenters. The van der Waals surface area contributed by atoms with Gasteiger partial charge in [0.2, 0.25) is 5.95 Å². The average Bonchev–Trinajstić information content (AvgIpc) is 2.09. The first-order chi connectivity index (χ1) is 6.56. The first-order valence-corrected chi connectivity index (χ1v) is 4.35. The second-order valence-corrected chi connectivity index (χ2v) is 3.21. The maximum absolute atomic E-state index is 12.8. The second-order valence-electron chi connectivity index (χ2n) is 2.45. The highest BCUT2D eigenvalue weighted by molar-refractivity contribution is 9.10. The Kier molecular flexibility index (Phi) is 3.47. The van der Waals surface area contributed by atoms with Crippen molar-refractivity contribution in [2.75, 3.05) is 0 Å². The van der Waals surface area contributed by atoms with Gasteiger partial charge in [-0.15, -0.1) is 0 Å². The van der Waals surface area contributed by atoms with E-state index in [1.165, 1.54) is 0 Å². The van der Waals surface area contributed by atoms with Gasteiger partial charge >= 0.3 is 0 Å². The standard InChI is InChI=1S/C8H4BrF3N2/c9-6-4(1-2-13)3-5(7(10)11)8(12)14-6/h3,7H,1H2. The Morgan fingerprint density at radius 1 is 1.57 bits per heavy atom. The summed E-state index contributed by atoms with van der Waals surface area (Å²) in [4.78, 5) is 3.23. The molecule has 74 valence electrons. The highest BCUT2D eigenvalue weighted by Crippen LogP contribution is 2.25. The van der Waals surface area contributed by atoms with E-state index in [4.69, 9.17) is 5.26 Å². The summed E-state index contributed by atoms with van der Waals surface area (Å²) in [6.45, 7) is 0. The van der Waals surface area contributed by atoms with E-state index < -0.39 is 17.9 Å². The molecule has 0 aromatic carbocycles. The molecule has 0 aliphatic heterocycles. The molecular weight excluding hydrogens is 261 g/mol. The van der Waals surface area contributed by atoms with Crippen LogP contribution in [0.4, 0.5) is 13.2 Å². The molecule has 0 fully saturated rings. The average molecular weight is 265 g/mol. The maximum atomic E-state index is 12.8. The predicted octanol–water partition coefficient (Wildman–Crippen LogP) is 2.99. The van der Waals surface area contributed by atoms with Gasteiger partial charge in [0.05, 0.1) is 18.1 Å². The predicted molar refractivity (Wildman–Crippen MR) is 46.2 cm³/mol. The Hall–Kier alpha value is -1.09. The Balaban J connectivity index is 3.21. The van der Waals surface area contributed by atoms with E-state index in [2.05, 4.69) is 20.9 Å². The van der Waals surface area contributed by atoms with Crippen molar-refractivity contribution in [3.8, 4) is 6.07 Å². The number of halogens is 4. The number of rotatable bonds is 2. The monoisotopic (exact) mass is 264 g/mol. The Bertz CT molecular complexity index is 387. The van der Waals surface area contributed by atoms with Crippen molar-refractivity contribution in [1.29, 1.82) is 5.26 Å². The normalized spacial score (nSPS) is 10.3. The van der Waals surface area contributed by atoms with E-state index in [-0.39, 0.29) is 16.6 Å². The number of nitriles is 1. The van der Waals surface area contributed by atoms with Crippen molar-refractivity contribution >= 4 is 15.9 Å². The van der Waals surface area contributed by atoms with E-state index in [9.17, 15) is 13.2 Å².